The Morgan fingerprint density at radius 1 is 0.935 bits per heavy atom. The highest BCUT2D eigenvalue weighted by molar-refractivity contribution is 5.96. The van der Waals surface area contributed by atoms with Gasteiger partial charge >= 0.3 is 0 Å². The van der Waals surface area contributed by atoms with E-state index in [0.717, 1.165) is 11.1 Å². The van der Waals surface area contributed by atoms with Crippen LogP contribution in [-0.4, -0.2) is 11.7 Å². The van der Waals surface area contributed by atoms with Crippen molar-refractivity contribution in [1.29, 1.82) is 0 Å². The fourth-order valence-electron chi connectivity index (χ4n) is 2.50. The molecule has 2 rings (SSSR count). The summed E-state index contributed by atoms with van der Waals surface area (Å²) in [6.45, 7) is 10.8. The topological polar surface area (TPSA) is 55.4 Å². The van der Waals surface area contributed by atoms with E-state index in [-0.39, 0.29) is 17.5 Å². The summed E-state index contributed by atoms with van der Waals surface area (Å²) in [6.07, 6.45) is 5.30. The zero-order valence-corrected chi connectivity index (χ0v) is 18.2. The molecular formula is C26H26FNO3. The number of carbonyl (C=O) groups excluding carboxylic acids is 2. The van der Waals surface area contributed by atoms with Crippen LogP contribution in [0.5, 0.6) is 11.5 Å². The van der Waals surface area contributed by atoms with Crippen LogP contribution in [0.25, 0.3) is 0 Å². The van der Waals surface area contributed by atoms with E-state index >= 15 is 0 Å². The molecule has 0 atom stereocenters. The fraction of sp³-hybridized carbons (Fsp3) is 0.154. The molecule has 0 spiro atoms. The van der Waals surface area contributed by atoms with Gasteiger partial charge in [-0.1, -0.05) is 18.2 Å². The van der Waals surface area contributed by atoms with Gasteiger partial charge in [0.05, 0.1) is 0 Å². The van der Waals surface area contributed by atoms with E-state index in [1.807, 2.05) is 13.8 Å². The summed E-state index contributed by atoms with van der Waals surface area (Å²) in [4.78, 5) is 24.2. The molecule has 0 saturated carbocycles. The molecule has 0 aliphatic carbocycles. The van der Waals surface area contributed by atoms with Crippen LogP contribution in [0, 0.1) is 5.82 Å². The third-order valence-corrected chi connectivity index (χ3v) is 4.47. The van der Waals surface area contributed by atoms with Crippen molar-refractivity contribution in [3.05, 3.63) is 107 Å². The molecule has 0 aliphatic rings. The molecule has 0 radical (unpaired) electrons. The van der Waals surface area contributed by atoms with Crippen LogP contribution < -0.4 is 10.1 Å². The van der Waals surface area contributed by atoms with Gasteiger partial charge in [0.1, 0.15) is 17.3 Å². The number of carbonyl (C=O) groups is 2. The van der Waals surface area contributed by atoms with E-state index in [2.05, 4.69) is 11.9 Å². The summed E-state index contributed by atoms with van der Waals surface area (Å²) >= 11 is 0. The average molecular weight is 419 g/mol. The maximum Gasteiger partial charge on any atom is 0.255 e. The summed E-state index contributed by atoms with van der Waals surface area (Å²) in [5.74, 6) is 0.382. The highest BCUT2D eigenvalue weighted by atomic mass is 19.1. The van der Waals surface area contributed by atoms with Crippen molar-refractivity contribution in [3.63, 3.8) is 0 Å². The lowest BCUT2D eigenvalue weighted by molar-refractivity contribution is -0.113. The molecular weight excluding hydrogens is 393 g/mol. The van der Waals surface area contributed by atoms with Crippen molar-refractivity contribution in [2.45, 2.75) is 27.7 Å². The number of amides is 1. The SMILES string of the molecule is C=C(C)C(=C\C(=CC)NC(=O)c1ccc(Oc2ccc(F)cc2)cc1)/C=C(\C)C(C)=O. The van der Waals surface area contributed by atoms with Gasteiger partial charge in [0, 0.05) is 11.3 Å². The lowest BCUT2D eigenvalue weighted by Gasteiger charge is -2.10. The predicted octanol–water partition coefficient (Wildman–Crippen LogP) is 6.29. The van der Waals surface area contributed by atoms with Crippen LogP contribution in [0.1, 0.15) is 38.1 Å². The summed E-state index contributed by atoms with van der Waals surface area (Å²) < 4.78 is 18.6. The van der Waals surface area contributed by atoms with Crippen molar-refractivity contribution < 1.29 is 18.7 Å². The number of benzene rings is 2. The number of allylic oxidation sites excluding steroid dienone is 6. The Balaban J connectivity index is 2.13. The molecule has 0 fully saturated rings. The molecule has 1 amide bonds. The first-order valence-electron chi connectivity index (χ1n) is 9.77. The minimum atomic E-state index is -0.338. The second kappa shape index (κ2) is 10.9. The predicted molar refractivity (Wildman–Crippen MR) is 121 cm³/mol. The maximum atomic E-state index is 13.0. The first-order chi connectivity index (χ1) is 14.7. The van der Waals surface area contributed by atoms with Crippen molar-refractivity contribution in [2.75, 3.05) is 0 Å². The molecule has 0 heterocycles. The second-order valence-electron chi connectivity index (χ2n) is 7.04. The van der Waals surface area contributed by atoms with Crippen LogP contribution in [0.2, 0.25) is 0 Å². The van der Waals surface area contributed by atoms with Gasteiger partial charge in [-0.15, -0.1) is 0 Å². The number of ether oxygens (including phenoxy) is 1. The van der Waals surface area contributed by atoms with E-state index in [9.17, 15) is 14.0 Å². The molecule has 5 heteroatoms. The molecule has 2 aromatic rings. The molecule has 160 valence electrons. The largest absolute Gasteiger partial charge is 0.457 e. The van der Waals surface area contributed by atoms with Gasteiger partial charge in [-0.3, -0.25) is 9.59 Å². The normalized spacial score (nSPS) is 12.4. The number of Topliss-reactive ketones (excluding diaryl/α,β-unsaturated/α-hetero) is 1. The Morgan fingerprint density at radius 3 is 1.97 bits per heavy atom. The number of hydrogen-bond acceptors (Lipinski definition) is 3. The van der Waals surface area contributed by atoms with Crippen molar-refractivity contribution in [1.82, 2.24) is 5.32 Å². The van der Waals surface area contributed by atoms with Crippen molar-refractivity contribution in [2.24, 2.45) is 0 Å². The molecule has 4 nitrogen and oxygen atoms in total. The van der Waals surface area contributed by atoms with Crippen molar-refractivity contribution in [3.8, 4) is 11.5 Å². The Morgan fingerprint density at radius 2 is 1.48 bits per heavy atom. The van der Waals surface area contributed by atoms with Crippen LogP contribution in [0.4, 0.5) is 4.39 Å². The number of hydrogen-bond donors (Lipinski definition) is 1. The van der Waals surface area contributed by atoms with E-state index in [0.29, 0.717) is 28.3 Å². The quantitative estimate of drug-likeness (QED) is 0.404. The molecule has 0 saturated heterocycles. The highest BCUT2D eigenvalue weighted by Crippen LogP contribution is 2.22. The smallest absolute Gasteiger partial charge is 0.255 e. The minimum absolute atomic E-state index is 0.0267. The molecule has 0 aromatic heterocycles. The van der Waals surface area contributed by atoms with Crippen molar-refractivity contribution >= 4 is 11.7 Å². The van der Waals surface area contributed by atoms with Gasteiger partial charge < -0.3 is 10.1 Å². The van der Waals surface area contributed by atoms with Crippen LogP contribution >= 0.6 is 0 Å². The molecule has 2 aromatic carbocycles. The average Bonchev–Trinajstić information content (AvgIpc) is 2.74. The van der Waals surface area contributed by atoms with E-state index in [1.165, 1.54) is 31.2 Å². The first-order valence-corrected chi connectivity index (χ1v) is 9.77. The highest BCUT2D eigenvalue weighted by Gasteiger charge is 2.09. The zero-order chi connectivity index (χ0) is 23.0. The van der Waals surface area contributed by atoms with Crippen LogP contribution in [0.3, 0.4) is 0 Å². The third-order valence-electron chi connectivity index (χ3n) is 4.47. The third kappa shape index (κ3) is 7.23. The monoisotopic (exact) mass is 419 g/mol. The maximum absolute atomic E-state index is 13.0. The number of nitrogens with one attached hydrogen (secondary N) is 1. The van der Waals surface area contributed by atoms with Crippen LogP contribution in [-0.2, 0) is 4.79 Å². The summed E-state index contributed by atoms with van der Waals surface area (Å²) in [5.41, 5.74) is 3.17. The Hall–Kier alpha value is -3.73. The van der Waals surface area contributed by atoms with Gasteiger partial charge in [0.15, 0.2) is 5.78 Å². The zero-order valence-electron chi connectivity index (χ0n) is 18.2. The minimum Gasteiger partial charge on any atom is -0.457 e. The Labute approximate surface area is 182 Å². The van der Waals surface area contributed by atoms with Gasteiger partial charge in [-0.2, -0.15) is 0 Å². The molecule has 0 bridgehead atoms. The lowest BCUT2D eigenvalue weighted by Crippen LogP contribution is -2.22. The molecule has 31 heavy (non-hydrogen) atoms. The van der Waals surface area contributed by atoms with E-state index in [1.54, 1.807) is 49.4 Å². The number of halogens is 1. The number of ketones is 1. The Kier molecular flexibility index (Phi) is 8.26. The molecule has 0 unspecified atom stereocenters. The Bertz CT molecular complexity index is 1060. The summed E-state index contributed by atoms with van der Waals surface area (Å²) in [7, 11) is 0. The molecule has 1 N–H and O–H groups in total. The number of rotatable bonds is 8. The first kappa shape index (κ1) is 23.5. The van der Waals surface area contributed by atoms with Crippen LogP contribution in [0.15, 0.2) is 95.8 Å². The van der Waals surface area contributed by atoms with E-state index in [4.69, 9.17) is 4.74 Å². The van der Waals surface area contributed by atoms with Gasteiger partial charge in [-0.25, -0.2) is 4.39 Å². The fourth-order valence-corrected chi connectivity index (χ4v) is 2.50. The summed E-state index contributed by atoms with van der Waals surface area (Å²) in [5, 5.41) is 2.85. The molecule has 0 aliphatic heterocycles. The van der Waals surface area contributed by atoms with E-state index < -0.39 is 0 Å². The lowest BCUT2D eigenvalue weighted by atomic mass is 10.0. The van der Waals surface area contributed by atoms with Gasteiger partial charge in [0.2, 0.25) is 0 Å². The van der Waals surface area contributed by atoms with Gasteiger partial charge in [0.25, 0.3) is 5.91 Å². The summed E-state index contributed by atoms with van der Waals surface area (Å²) in [6, 6.07) is 12.3. The second-order valence-corrected chi connectivity index (χ2v) is 7.04. The standard InChI is InChI=1S/C26H26FNO3/c1-6-23(16-21(17(2)3)15-18(4)19(5)29)28-26(30)20-7-11-24(12-8-20)31-25-13-9-22(27)10-14-25/h6-16H,2H2,1,3-5H3,(H,28,30)/b18-15+,21-16-,23-6?. The van der Waals surface area contributed by atoms with Gasteiger partial charge in [-0.05, 0) is 99.5 Å².